The number of nitrogens with zero attached hydrogens (tertiary/aromatic N) is 4. The summed E-state index contributed by atoms with van der Waals surface area (Å²) in [6, 6.07) is 1.96. The van der Waals surface area contributed by atoms with Crippen LogP contribution in [0.1, 0.15) is 40.0 Å². The highest BCUT2D eigenvalue weighted by atomic mass is 127. The van der Waals surface area contributed by atoms with Gasteiger partial charge in [0.15, 0.2) is 5.96 Å². The Labute approximate surface area is 169 Å². The predicted octanol–water partition coefficient (Wildman–Crippen LogP) is 2.57. The molecule has 1 aliphatic heterocycles. The first-order chi connectivity index (χ1) is 11.5. The van der Waals surface area contributed by atoms with Crippen LogP contribution in [0.15, 0.2) is 23.5 Å². The molecule has 1 atom stereocenters. The Balaban J connectivity index is 0.00000312. The zero-order valence-electron chi connectivity index (χ0n) is 16.2. The third-order valence-electron chi connectivity index (χ3n) is 4.80. The van der Waals surface area contributed by atoms with Crippen molar-refractivity contribution in [3.05, 3.63) is 18.5 Å². The molecule has 1 saturated heterocycles. The first-order valence-electron chi connectivity index (χ1n) is 9.18. The molecule has 0 saturated carbocycles. The highest BCUT2D eigenvalue weighted by Crippen LogP contribution is 2.19. The van der Waals surface area contributed by atoms with Gasteiger partial charge in [0.2, 0.25) is 0 Å². The van der Waals surface area contributed by atoms with E-state index in [1.54, 1.807) is 0 Å². The van der Waals surface area contributed by atoms with Crippen LogP contribution in [0.25, 0.3) is 0 Å². The highest BCUT2D eigenvalue weighted by Gasteiger charge is 2.27. The largest absolute Gasteiger partial charge is 0.356 e. The maximum atomic E-state index is 4.36. The molecule has 2 N–H and O–H groups in total. The van der Waals surface area contributed by atoms with Crippen LogP contribution >= 0.6 is 24.0 Å². The Hall–Kier alpha value is -0.830. The average molecular weight is 462 g/mol. The van der Waals surface area contributed by atoms with Crippen LogP contribution in [0, 0.1) is 5.92 Å². The van der Waals surface area contributed by atoms with E-state index in [4.69, 9.17) is 0 Å². The number of aliphatic imine (C=N–C) groups is 1. The van der Waals surface area contributed by atoms with E-state index < -0.39 is 0 Å². The van der Waals surface area contributed by atoms with Crippen molar-refractivity contribution in [2.45, 2.75) is 52.1 Å². The summed E-state index contributed by atoms with van der Waals surface area (Å²) in [7, 11) is 1.83. The standard InChI is InChI=1S/C18H34N6.HI/c1-16(14-24-12-8-9-22-24)13-20-17(19-4)21-15-18(2,3)23-10-6-5-7-11-23;/h8-9,12,16H,5-7,10-11,13-15H2,1-4H3,(H2,19,20,21);1H. The number of piperidine rings is 1. The van der Waals surface area contributed by atoms with Crippen LogP contribution < -0.4 is 10.6 Å². The van der Waals surface area contributed by atoms with Crippen molar-refractivity contribution >= 4 is 29.9 Å². The Morgan fingerprint density at radius 1 is 1.24 bits per heavy atom. The zero-order valence-corrected chi connectivity index (χ0v) is 18.5. The summed E-state index contributed by atoms with van der Waals surface area (Å²) < 4.78 is 1.97. The van der Waals surface area contributed by atoms with Gasteiger partial charge in [-0.25, -0.2) is 0 Å². The third-order valence-corrected chi connectivity index (χ3v) is 4.80. The van der Waals surface area contributed by atoms with Crippen molar-refractivity contribution in [3.63, 3.8) is 0 Å². The first kappa shape index (κ1) is 22.2. The normalized spacial score (nSPS) is 17.7. The van der Waals surface area contributed by atoms with Gasteiger partial charge in [0.1, 0.15) is 0 Å². The van der Waals surface area contributed by atoms with Gasteiger partial charge in [-0.1, -0.05) is 13.3 Å². The van der Waals surface area contributed by atoms with Crippen LogP contribution in [-0.4, -0.2) is 59.4 Å². The fraction of sp³-hybridized carbons (Fsp3) is 0.778. The van der Waals surface area contributed by atoms with Crippen molar-refractivity contribution in [1.82, 2.24) is 25.3 Å². The fourth-order valence-electron chi connectivity index (χ4n) is 3.19. The van der Waals surface area contributed by atoms with E-state index >= 15 is 0 Å². The van der Waals surface area contributed by atoms with Crippen molar-refractivity contribution in [2.24, 2.45) is 10.9 Å². The molecule has 6 nitrogen and oxygen atoms in total. The number of hydrogen-bond acceptors (Lipinski definition) is 3. The van der Waals surface area contributed by atoms with Gasteiger partial charge in [0.25, 0.3) is 0 Å². The van der Waals surface area contributed by atoms with Crippen molar-refractivity contribution in [2.75, 3.05) is 33.2 Å². The number of hydrogen-bond donors (Lipinski definition) is 2. The van der Waals surface area contributed by atoms with Gasteiger partial charge in [-0.15, -0.1) is 24.0 Å². The number of halogens is 1. The van der Waals surface area contributed by atoms with E-state index in [9.17, 15) is 0 Å². The summed E-state index contributed by atoms with van der Waals surface area (Å²) in [4.78, 5) is 6.95. The third kappa shape index (κ3) is 7.52. The van der Waals surface area contributed by atoms with Gasteiger partial charge in [-0.05, 0) is 51.8 Å². The molecule has 1 fully saturated rings. The first-order valence-corrected chi connectivity index (χ1v) is 9.18. The molecule has 0 spiro atoms. The lowest BCUT2D eigenvalue weighted by atomic mass is 9.98. The summed E-state index contributed by atoms with van der Waals surface area (Å²) in [5, 5.41) is 11.2. The second-order valence-electron chi connectivity index (χ2n) is 7.50. The smallest absolute Gasteiger partial charge is 0.191 e. The molecule has 25 heavy (non-hydrogen) atoms. The van der Waals surface area contributed by atoms with Gasteiger partial charge in [0, 0.05) is 44.6 Å². The van der Waals surface area contributed by atoms with Crippen molar-refractivity contribution < 1.29 is 0 Å². The summed E-state index contributed by atoms with van der Waals surface area (Å²) in [5.41, 5.74) is 0.152. The Morgan fingerprint density at radius 2 is 1.96 bits per heavy atom. The van der Waals surface area contributed by atoms with Crippen LogP contribution in [0.3, 0.4) is 0 Å². The molecule has 0 bridgehead atoms. The number of aromatic nitrogens is 2. The van der Waals surface area contributed by atoms with Crippen molar-refractivity contribution in [3.8, 4) is 0 Å². The topological polar surface area (TPSA) is 57.5 Å². The minimum atomic E-state index is 0. The molecular weight excluding hydrogens is 427 g/mol. The zero-order chi connectivity index (χ0) is 17.4. The van der Waals surface area contributed by atoms with E-state index in [-0.39, 0.29) is 29.5 Å². The summed E-state index contributed by atoms with van der Waals surface area (Å²) in [6.07, 6.45) is 7.84. The number of guanidine groups is 1. The molecule has 1 unspecified atom stereocenters. The lowest BCUT2D eigenvalue weighted by Gasteiger charge is -2.41. The lowest BCUT2D eigenvalue weighted by Crippen LogP contribution is -2.55. The second-order valence-corrected chi connectivity index (χ2v) is 7.50. The molecule has 0 amide bonds. The van der Waals surface area contributed by atoms with E-state index in [0.29, 0.717) is 5.92 Å². The van der Waals surface area contributed by atoms with Gasteiger partial charge in [-0.2, -0.15) is 5.10 Å². The molecule has 0 radical (unpaired) electrons. The summed E-state index contributed by atoms with van der Waals surface area (Å²) in [6.45, 7) is 12.0. The molecule has 0 aromatic carbocycles. The lowest BCUT2D eigenvalue weighted by molar-refractivity contribution is 0.0982. The Kier molecular flexibility index (Phi) is 9.78. The molecule has 0 aliphatic carbocycles. The SMILES string of the molecule is CN=C(NCC(C)Cn1cccn1)NCC(C)(C)N1CCCCC1.I. The van der Waals surface area contributed by atoms with Crippen LogP contribution in [0.2, 0.25) is 0 Å². The van der Waals surface area contributed by atoms with Crippen LogP contribution in [0.5, 0.6) is 0 Å². The van der Waals surface area contributed by atoms with Gasteiger partial charge in [-0.3, -0.25) is 14.6 Å². The maximum Gasteiger partial charge on any atom is 0.191 e. The second kappa shape index (κ2) is 11.0. The van der Waals surface area contributed by atoms with E-state index in [0.717, 1.165) is 25.6 Å². The number of likely N-dealkylation sites (tertiary alicyclic amines) is 1. The van der Waals surface area contributed by atoms with Crippen LogP contribution in [-0.2, 0) is 6.54 Å². The molecule has 2 rings (SSSR count). The van der Waals surface area contributed by atoms with Crippen molar-refractivity contribution in [1.29, 1.82) is 0 Å². The monoisotopic (exact) mass is 462 g/mol. The Bertz CT molecular complexity index is 494. The molecule has 7 heteroatoms. The molecule has 1 aromatic rings. The average Bonchev–Trinajstić information content (AvgIpc) is 3.08. The molecule has 2 heterocycles. The minimum absolute atomic E-state index is 0. The van der Waals surface area contributed by atoms with E-state index in [1.807, 2.05) is 30.2 Å². The molecule has 1 aromatic heterocycles. The summed E-state index contributed by atoms with van der Waals surface area (Å²) >= 11 is 0. The summed E-state index contributed by atoms with van der Waals surface area (Å²) in [5.74, 6) is 1.37. The minimum Gasteiger partial charge on any atom is -0.356 e. The van der Waals surface area contributed by atoms with E-state index in [2.05, 4.69) is 46.4 Å². The van der Waals surface area contributed by atoms with E-state index in [1.165, 1.54) is 32.4 Å². The molecule has 1 aliphatic rings. The molecule has 144 valence electrons. The van der Waals surface area contributed by atoms with Crippen LogP contribution in [0.4, 0.5) is 0 Å². The highest BCUT2D eigenvalue weighted by molar-refractivity contribution is 14.0. The quantitative estimate of drug-likeness (QED) is 0.372. The number of rotatable bonds is 7. The predicted molar refractivity (Wildman–Crippen MR) is 116 cm³/mol. The molecular formula is C18H35IN6. The maximum absolute atomic E-state index is 4.36. The fourth-order valence-corrected chi connectivity index (χ4v) is 3.19. The Morgan fingerprint density at radius 3 is 2.56 bits per heavy atom. The number of nitrogens with one attached hydrogen (secondary N) is 2. The van der Waals surface area contributed by atoms with Gasteiger partial charge in [0.05, 0.1) is 0 Å². The van der Waals surface area contributed by atoms with Gasteiger partial charge < -0.3 is 10.6 Å². The van der Waals surface area contributed by atoms with Gasteiger partial charge >= 0.3 is 0 Å².